The summed E-state index contributed by atoms with van der Waals surface area (Å²) in [5, 5.41) is 8.03. The first-order valence-corrected chi connectivity index (χ1v) is 22.9. The normalized spacial score (nSPS) is 21.0. The van der Waals surface area contributed by atoms with Gasteiger partial charge in [0.05, 0.1) is 22.6 Å². The van der Waals surface area contributed by atoms with Crippen molar-refractivity contribution in [2.45, 2.75) is 63.5 Å². The van der Waals surface area contributed by atoms with Crippen molar-refractivity contribution in [1.29, 1.82) is 0 Å². The number of para-hydroxylation sites is 1. The van der Waals surface area contributed by atoms with Crippen molar-refractivity contribution >= 4 is 52.2 Å². The molecule has 10 rings (SSSR count). The smallest absolute Gasteiger partial charge is 0.320 e. The van der Waals surface area contributed by atoms with Gasteiger partial charge in [-0.25, -0.2) is 19.4 Å². The van der Waals surface area contributed by atoms with E-state index in [1.807, 2.05) is 75.1 Å². The molecule has 7 heterocycles. The monoisotopic (exact) mass is 879 g/mol. The van der Waals surface area contributed by atoms with E-state index in [0.717, 1.165) is 106 Å². The Morgan fingerprint density at radius 3 is 2.31 bits per heavy atom. The lowest BCUT2D eigenvalue weighted by Crippen LogP contribution is -2.54. The zero-order valence-electron chi connectivity index (χ0n) is 36.3. The summed E-state index contributed by atoms with van der Waals surface area (Å²) in [4.78, 5) is 83.3. The van der Waals surface area contributed by atoms with Crippen molar-refractivity contribution in [3.8, 4) is 22.8 Å². The maximum Gasteiger partial charge on any atom is 0.320 e. The Bertz CT molecular complexity index is 2620. The van der Waals surface area contributed by atoms with E-state index in [9.17, 15) is 24.0 Å². The Morgan fingerprint density at radius 1 is 0.785 bits per heavy atom. The minimum absolute atomic E-state index is 0.0561. The van der Waals surface area contributed by atoms with Crippen molar-refractivity contribution < 1.29 is 28.7 Å². The summed E-state index contributed by atoms with van der Waals surface area (Å²) in [5.41, 5.74) is 10.2. The lowest BCUT2D eigenvalue weighted by atomic mass is 9.92. The van der Waals surface area contributed by atoms with Gasteiger partial charge in [-0.05, 0) is 112 Å². The third kappa shape index (κ3) is 8.47. The van der Waals surface area contributed by atoms with E-state index in [0.29, 0.717) is 58.4 Å². The number of anilines is 2. The van der Waals surface area contributed by atoms with Gasteiger partial charge in [-0.3, -0.25) is 34.3 Å². The number of imide groups is 2. The number of aromatic nitrogens is 4. The molecule has 17 heteroatoms. The number of likely N-dealkylation sites (tertiary alicyclic amines) is 2. The van der Waals surface area contributed by atoms with Gasteiger partial charge in [-0.1, -0.05) is 18.2 Å². The van der Waals surface area contributed by atoms with Gasteiger partial charge in [0.2, 0.25) is 11.8 Å². The van der Waals surface area contributed by atoms with Crippen molar-refractivity contribution in [2.75, 3.05) is 69.5 Å². The van der Waals surface area contributed by atoms with Crippen molar-refractivity contribution in [1.82, 2.24) is 44.7 Å². The predicted molar refractivity (Wildman–Crippen MR) is 242 cm³/mol. The molecule has 3 N–H and O–H groups in total. The Hall–Kier alpha value is -6.88. The molecular weight excluding hydrogens is 827 g/mol. The molecule has 0 aliphatic carbocycles. The molecule has 0 bridgehead atoms. The number of nitrogens with one attached hydrogen (secondary N) is 1. The number of ether oxygens (including phenoxy) is 1. The van der Waals surface area contributed by atoms with Crippen LogP contribution in [0.15, 0.2) is 79.1 Å². The summed E-state index contributed by atoms with van der Waals surface area (Å²) in [7, 11) is 0. The molecule has 6 amide bonds. The van der Waals surface area contributed by atoms with Gasteiger partial charge >= 0.3 is 6.03 Å². The lowest BCUT2D eigenvalue weighted by molar-refractivity contribution is -0.136. The van der Waals surface area contributed by atoms with Gasteiger partial charge in [-0.2, -0.15) is 5.10 Å². The fourth-order valence-corrected chi connectivity index (χ4v) is 10.2. The molecule has 65 heavy (non-hydrogen) atoms. The largest absolute Gasteiger partial charge is 0.457 e. The molecule has 17 nitrogen and oxygen atoms in total. The van der Waals surface area contributed by atoms with E-state index in [-0.39, 0.29) is 24.9 Å². The summed E-state index contributed by atoms with van der Waals surface area (Å²) in [6.45, 7) is 7.16. The van der Waals surface area contributed by atoms with Crippen molar-refractivity contribution in [2.24, 2.45) is 5.92 Å². The molecule has 5 aliphatic heterocycles. The van der Waals surface area contributed by atoms with Crippen LogP contribution >= 0.6 is 0 Å². The van der Waals surface area contributed by atoms with E-state index in [1.54, 1.807) is 12.1 Å². The van der Waals surface area contributed by atoms with Gasteiger partial charge in [0.15, 0.2) is 5.65 Å². The highest BCUT2D eigenvalue weighted by Gasteiger charge is 2.45. The standard InChI is InChI=1S/C48H53N11O6/c49-43-41-42(32-10-13-36(14-11-32)65-35-8-2-1-3-9-35)53-59(44(41)51-30-50-43)34-7-5-21-57(29-34)48(64)56-22-18-31(19-23-56)6-4-20-54-24-26-55(27-25-54)33-12-15-37-38(28-33)47(63)58(46(37)62)39-16-17-40(60)52-45(39)61/h1-3,8-15,28,30-31,34,39H,4-7,16-27,29H2,(H2,49,50,51)(H,52,60,61). The number of amides is 6. The Kier molecular flexibility index (Phi) is 11.6. The molecule has 336 valence electrons. The molecular formula is C48H53N11O6. The number of hydrogen-bond acceptors (Lipinski definition) is 12. The Labute approximate surface area is 376 Å². The van der Waals surface area contributed by atoms with E-state index in [1.165, 1.54) is 6.33 Å². The summed E-state index contributed by atoms with van der Waals surface area (Å²) in [6.07, 6.45) is 7.65. The maximum absolute atomic E-state index is 14.0. The van der Waals surface area contributed by atoms with Crippen LogP contribution in [0.4, 0.5) is 16.3 Å². The number of carbonyl (C=O) groups is 5. The molecule has 0 radical (unpaired) electrons. The van der Waals surface area contributed by atoms with Crippen LogP contribution in [0.5, 0.6) is 11.5 Å². The molecule has 2 aromatic heterocycles. The second-order valence-electron chi connectivity index (χ2n) is 17.8. The summed E-state index contributed by atoms with van der Waals surface area (Å²) in [5.74, 6) is 0.444. The van der Waals surface area contributed by atoms with Crippen LogP contribution in [0.2, 0.25) is 0 Å². The summed E-state index contributed by atoms with van der Waals surface area (Å²) < 4.78 is 7.96. The van der Waals surface area contributed by atoms with Gasteiger partial charge < -0.3 is 25.2 Å². The van der Waals surface area contributed by atoms with Crippen molar-refractivity contribution in [3.05, 3.63) is 90.3 Å². The second kappa shape index (κ2) is 17.9. The number of piperidine rings is 3. The van der Waals surface area contributed by atoms with Gasteiger partial charge in [0.1, 0.15) is 35.4 Å². The number of carbonyl (C=O) groups excluding carboxylic acids is 5. The number of nitrogen functional groups attached to an aromatic ring is 1. The van der Waals surface area contributed by atoms with E-state index in [4.69, 9.17) is 15.6 Å². The zero-order chi connectivity index (χ0) is 44.6. The second-order valence-corrected chi connectivity index (χ2v) is 17.8. The summed E-state index contributed by atoms with van der Waals surface area (Å²) in [6, 6.07) is 21.8. The highest BCUT2D eigenvalue weighted by atomic mass is 16.5. The van der Waals surface area contributed by atoms with Gasteiger partial charge in [-0.15, -0.1) is 0 Å². The molecule has 0 saturated carbocycles. The SMILES string of the molecule is Nc1ncnc2c1c(-c1ccc(Oc3ccccc3)cc1)nn2C1CCCN(C(=O)N2CCC(CCCN3CCN(c4ccc5c(c4)C(=O)N(C4CCC(=O)NC4=O)C5=O)CC3)CC2)C1. The van der Waals surface area contributed by atoms with Crippen LogP contribution in [-0.2, 0) is 9.59 Å². The van der Waals surface area contributed by atoms with E-state index >= 15 is 0 Å². The number of nitrogens with zero attached hydrogens (tertiary/aromatic N) is 9. The van der Waals surface area contributed by atoms with Crippen LogP contribution in [0.1, 0.15) is 78.1 Å². The number of nitrogens with two attached hydrogens (primary N) is 1. The molecule has 4 saturated heterocycles. The average molecular weight is 880 g/mol. The average Bonchev–Trinajstić information content (AvgIpc) is 3.85. The third-order valence-corrected chi connectivity index (χ3v) is 13.8. The Morgan fingerprint density at radius 2 is 1.54 bits per heavy atom. The molecule has 2 unspecified atom stereocenters. The highest BCUT2D eigenvalue weighted by Crippen LogP contribution is 2.36. The molecule has 4 fully saturated rings. The quantitative estimate of drug-likeness (QED) is 0.172. The van der Waals surface area contributed by atoms with Crippen LogP contribution in [-0.4, -0.2) is 134 Å². The van der Waals surface area contributed by atoms with E-state index < -0.39 is 29.7 Å². The minimum Gasteiger partial charge on any atom is -0.457 e. The molecule has 3 aromatic carbocycles. The fourth-order valence-electron chi connectivity index (χ4n) is 10.2. The fraction of sp³-hybridized carbons (Fsp3) is 0.417. The Balaban J connectivity index is 0.686. The molecule has 2 atom stereocenters. The first kappa shape index (κ1) is 42.1. The third-order valence-electron chi connectivity index (χ3n) is 13.8. The predicted octanol–water partition coefficient (Wildman–Crippen LogP) is 5.34. The number of fused-ring (bicyclic) bond motifs is 2. The minimum atomic E-state index is -0.975. The topological polar surface area (TPSA) is 192 Å². The van der Waals surface area contributed by atoms with Gasteiger partial charge in [0, 0.05) is 70.0 Å². The highest BCUT2D eigenvalue weighted by molar-refractivity contribution is 6.23. The van der Waals surface area contributed by atoms with Crippen LogP contribution < -0.4 is 20.7 Å². The first-order valence-electron chi connectivity index (χ1n) is 22.9. The van der Waals surface area contributed by atoms with Crippen LogP contribution in [0, 0.1) is 5.92 Å². The first-order chi connectivity index (χ1) is 31.7. The van der Waals surface area contributed by atoms with Crippen LogP contribution in [0.3, 0.4) is 0 Å². The number of hydrogen-bond donors (Lipinski definition) is 2. The number of rotatable bonds is 10. The van der Waals surface area contributed by atoms with Crippen LogP contribution in [0.25, 0.3) is 22.3 Å². The number of benzene rings is 3. The van der Waals surface area contributed by atoms with Gasteiger partial charge in [0.25, 0.3) is 11.8 Å². The van der Waals surface area contributed by atoms with E-state index in [2.05, 4.69) is 25.1 Å². The zero-order valence-corrected chi connectivity index (χ0v) is 36.3. The molecule has 5 aromatic rings. The molecule has 5 aliphatic rings. The molecule has 0 spiro atoms. The maximum atomic E-state index is 14.0. The number of urea groups is 1. The summed E-state index contributed by atoms with van der Waals surface area (Å²) >= 11 is 0. The lowest BCUT2D eigenvalue weighted by Gasteiger charge is -2.39. The van der Waals surface area contributed by atoms with Crippen molar-refractivity contribution in [3.63, 3.8) is 0 Å². The number of piperazine rings is 1.